The quantitative estimate of drug-likeness (QED) is 0.591. The predicted octanol–water partition coefficient (Wildman–Crippen LogP) is 1.64. The van der Waals surface area contributed by atoms with E-state index < -0.39 is 21.7 Å². The molecule has 1 aromatic carbocycles. The third kappa shape index (κ3) is 4.63. The van der Waals surface area contributed by atoms with Crippen molar-refractivity contribution in [1.29, 1.82) is 0 Å². The number of rotatable bonds is 7. The topological polar surface area (TPSA) is 102 Å². The van der Waals surface area contributed by atoms with Gasteiger partial charge < -0.3 is 5.32 Å². The molecule has 0 aliphatic rings. The first-order chi connectivity index (χ1) is 12.8. The van der Waals surface area contributed by atoms with Crippen molar-refractivity contribution in [2.24, 2.45) is 0 Å². The number of anilines is 1. The fourth-order valence-electron chi connectivity index (χ4n) is 2.19. The van der Waals surface area contributed by atoms with Crippen LogP contribution in [0.3, 0.4) is 0 Å². The number of nitrogens with zero attached hydrogens (tertiary/aromatic N) is 4. The van der Waals surface area contributed by atoms with Gasteiger partial charge in [0.15, 0.2) is 17.5 Å². The van der Waals surface area contributed by atoms with Gasteiger partial charge in [0, 0.05) is 19.3 Å². The van der Waals surface area contributed by atoms with Gasteiger partial charge in [-0.1, -0.05) is 0 Å². The van der Waals surface area contributed by atoms with E-state index in [-0.39, 0.29) is 18.0 Å². The lowest BCUT2D eigenvalue weighted by Crippen LogP contribution is -2.29. The Morgan fingerprint density at radius 1 is 1.04 bits per heavy atom. The molecule has 8 nitrogen and oxygen atoms in total. The summed E-state index contributed by atoms with van der Waals surface area (Å²) in [5.41, 5.74) is 0.854. The van der Waals surface area contributed by atoms with Crippen LogP contribution in [-0.4, -0.2) is 41.5 Å². The highest BCUT2D eigenvalue weighted by atomic mass is 32.2. The molecule has 0 amide bonds. The SMILES string of the molecule is Cc1ccn(-c2ccc(NCCNS(=O)(=O)c3ccc(F)c(F)c3)nn2)n1. The molecule has 0 saturated heterocycles. The van der Waals surface area contributed by atoms with Crippen molar-refractivity contribution in [2.75, 3.05) is 18.4 Å². The summed E-state index contributed by atoms with van der Waals surface area (Å²) in [7, 11) is -3.94. The summed E-state index contributed by atoms with van der Waals surface area (Å²) in [4.78, 5) is -0.347. The minimum absolute atomic E-state index is 0.0170. The lowest BCUT2D eigenvalue weighted by molar-refractivity contribution is 0.504. The van der Waals surface area contributed by atoms with Crippen LogP contribution in [-0.2, 0) is 10.0 Å². The first-order valence-electron chi connectivity index (χ1n) is 7.90. The van der Waals surface area contributed by atoms with Crippen molar-refractivity contribution in [3.63, 3.8) is 0 Å². The van der Waals surface area contributed by atoms with Gasteiger partial charge in [-0.15, -0.1) is 10.2 Å². The molecule has 0 radical (unpaired) electrons. The fraction of sp³-hybridized carbons (Fsp3) is 0.188. The Morgan fingerprint density at radius 2 is 1.85 bits per heavy atom. The monoisotopic (exact) mass is 394 g/mol. The third-order valence-electron chi connectivity index (χ3n) is 3.53. The molecule has 0 bridgehead atoms. The Hall–Kier alpha value is -2.92. The van der Waals surface area contributed by atoms with Crippen molar-refractivity contribution >= 4 is 15.8 Å². The molecule has 27 heavy (non-hydrogen) atoms. The van der Waals surface area contributed by atoms with Gasteiger partial charge in [-0.25, -0.2) is 26.6 Å². The summed E-state index contributed by atoms with van der Waals surface area (Å²) in [6.45, 7) is 2.10. The van der Waals surface area contributed by atoms with Gasteiger partial charge in [0.05, 0.1) is 10.6 Å². The van der Waals surface area contributed by atoms with Gasteiger partial charge in [-0.05, 0) is 43.3 Å². The van der Waals surface area contributed by atoms with E-state index in [2.05, 4.69) is 25.3 Å². The number of hydrogen-bond acceptors (Lipinski definition) is 6. The molecule has 0 fully saturated rings. The fourth-order valence-corrected chi connectivity index (χ4v) is 3.23. The van der Waals surface area contributed by atoms with Gasteiger partial charge in [-0.2, -0.15) is 5.10 Å². The van der Waals surface area contributed by atoms with E-state index in [0.29, 0.717) is 17.7 Å². The standard InChI is InChI=1S/C16H16F2N6O2S/c1-11-6-9-24(23-11)16-5-4-15(21-22-16)19-7-8-20-27(25,26)12-2-3-13(17)14(18)10-12/h2-6,9-10,20H,7-8H2,1H3,(H,19,21). The number of sulfonamides is 1. The second kappa shape index (κ2) is 7.76. The third-order valence-corrected chi connectivity index (χ3v) is 4.99. The Labute approximate surface area is 154 Å². The zero-order valence-electron chi connectivity index (χ0n) is 14.2. The van der Waals surface area contributed by atoms with E-state index in [4.69, 9.17) is 0 Å². The first kappa shape index (κ1) is 18.9. The highest BCUT2D eigenvalue weighted by Gasteiger charge is 2.15. The van der Waals surface area contributed by atoms with E-state index in [1.165, 1.54) is 0 Å². The lowest BCUT2D eigenvalue weighted by atomic mass is 10.3. The number of benzene rings is 1. The van der Waals surface area contributed by atoms with Crippen LogP contribution in [0.25, 0.3) is 5.82 Å². The zero-order chi connectivity index (χ0) is 19.4. The highest BCUT2D eigenvalue weighted by Crippen LogP contribution is 2.13. The van der Waals surface area contributed by atoms with Gasteiger partial charge in [-0.3, -0.25) is 0 Å². The maximum absolute atomic E-state index is 13.2. The van der Waals surface area contributed by atoms with E-state index in [0.717, 1.165) is 17.8 Å². The van der Waals surface area contributed by atoms with Crippen molar-refractivity contribution in [3.05, 3.63) is 59.9 Å². The molecule has 2 heterocycles. The Balaban J connectivity index is 1.53. The summed E-state index contributed by atoms with van der Waals surface area (Å²) in [6.07, 6.45) is 1.76. The van der Waals surface area contributed by atoms with E-state index in [1.54, 1.807) is 23.0 Å². The molecule has 0 unspecified atom stereocenters. The molecule has 3 rings (SSSR count). The summed E-state index contributed by atoms with van der Waals surface area (Å²) in [5.74, 6) is -1.33. The number of aromatic nitrogens is 4. The first-order valence-corrected chi connectivity index (χ1v) is 9.38. The lowest BCUT2D eigenvalue weighted by Gasteiger charge is -2.08. The average molecular weight is 394 g/mol. The molecule has 0 aliphatic carbocycles. The predicted molar refractivity (Wildman–Crippen MR) is 93.9 cm³/mol. The molecule has 11 heteroatoms. The number of hydrogen-bond donors (Lipinski definition) is 2. The van der Waals surface area contributed by atoms with Crippen molar-refractivity contribution in [1.82, 2.24) is 24.7 Å². The maximum atomic E-state index is 13.2. The van der Waals surface area contributed by atoms with Crippen LogP contribution < -0.4 is 10.0 Å². The van der Waals surface area contributed by atoms with E-state index >= 15 is 0 Å². The minimum Gasteiger partial charge on any atom is -0.367 e. The van der Waals surface area contributed by atoms with Crippen LogP contribution in [0, 0.1) is 18.6 Å². The van der Waals surface area contributed by atoms with Gasteiger partial charge >= 0.3 is 0 Å². The normalized spacial score (nSPS) is 11.5. The molecule has 3 aromatic rings. The van der Waals surface area contributed by atoms with Crippen molar-refractivity contribution < 1.29 is 17.2 Å². The van der Waals surface area contributed by atoms with Crippen LogP contribution in [0.2, 0.25) is 0 Å². The summed E-state index contributed by atoms with van der Waals surface area (Å²) < 4.78 is 54.0. The number of nitrogens with one attached hydrogen (secondary N) is 2. The molecule has 0 atom stereocenters. The van der Waals surface area contributed by atoms with Crippen molar-refractivity contribution in [2.45, 2.75) is 11.8 Å². The summed E-state index contributed by atoms with van der Waals surface area (Å²) >= 11 is 0. The number of aryl methyl sites for hydroxylation is 1. The Bertz CT molecular complexity index is 1040. The van der Waals surface area contributed by atoms with Crippen LogP contribution in [0.4, 0.5) is 14.6 Å². The largest absolute Gasteiger partial charge is 0.367 e. The molecular weight excluding hydrogens is 378 g/mol. The van der Waals surface area contributed by atoms with E-state index in [9.17, 15) is 17.2 Å². The Kier molecular flexibility index (Phi) is 5.42. The molecule has 0 aliphatic heterocycles. The van der Waals surface area contributed by atoms with Gasteiger partial charge in [0.2, 0.25) is 10.0 Å². The second-order valence-electron chi connectivity index (χ2n) is 5.58. The zero-order valence-corrected chi connectivity index (χ0v) is 15.0. The van der Waals surface area contributed by atoms with Crippen molar-refractivity contribution in [3.8, 4) is 5.82 Å². The Morgan fingerprint density at radius 3 is 2.48 bits per heavy atom. The van der Waals surface area contributed by atoms with E-state index in [1.807, 2.05) is 13.0 Å². The second-order valence-corrected chi connectivity index (χ2v) is 7.35. The summed E-state index contributed by atoms with van der Waals surface area (Å²) in [5, 5.41) is 15.1. The molecular formula is C16H16F2N6O2S. The summed E-state index contributed by atoms with van der Waals surface area (Å²) in [6, 6.07) is 7.63. The van der Waals surface area contributed by atoms with Gasteiger partial charge in [0.1, 0.15) is 5.82 Å². The maximum Gasteiger partial charge on any atom is 0.240 e. The highest BCUT2D eigenvalue weighted by molar-refractivity contribution is 7.89. The number of halogens is 2. The van der Waals surface area contributed by atoms with Crippen LogP contribution in [0.15, 0.2) is 47.5 Å². The van der Waals surface area contributed by atoms with Gasteiger partial charge in [0.25, 0.3) is 0 Å². The average Bonchev–Trinajstić information content (AvgIpc) is 3.08. The molecule has 2 aromatic heterocycles. The molecule has 142 valence electrons. The smallest absolute Gasteiger partial charge is 0.240 e. The van der Waals surface area contributed by atoms with Crippen LogP contribution in [0.1, 0.15) is 5.69 Å². The molecule has 2 N–H and O–H groups in total. The van der Waals surface area contributed by atoms with Crippen LogP contribution >= 0.6 is 0 Å². The minimum atomic E-state index is -3.94. The van der Waals surface area contributed by atoms with Crippen LogP contribution in [0.5, 0.6) is 0 Å². The molecule has 0 saturated carbocycles. The molecule has 0 spiro atoms.